The number of aryl methyl sites for hydroxylation is 1. The lowest BCUT2D eigenvalue weighted by Crippen LogP contribution is -2.26. The van der Waals surface area contributed by atoms with Gasteiger partial charge in [-0.15, -0.1) is 0 Å². The lowest BCUT2D eigenvalue weighted by molar-refractivity contribution is -0.130. The van der Waals surface area contributed by atoms with Gasteiger partial charge in [0.05, 0.1) is 11.6 Å². The molecule has 0 saturated carbocycles. The second kappa shape index (κ2) is 8.47. The molecule has 0 aliphatic heterocycles. The minimum atomic E-state index is -0.0226. The van der Waals surface area contributed by atoms with Gasteiger partial charge >= 0.3 is 0 Å². The molecule has 0 unspecified atom stereocenters. The number of amides is 1. The summed E-state index contributed by atoms with van der Waals surface area (Å²) in [5, 5.41) is 13.4. The Morgan fingerprint density at radius 2 is 1.89 bits per heavy atom. The highest BCUT2D eigenvalue weighted by Gasteiger charge is 2.13. The number of aromatic nitrogens is 2. The summed E-state index contributed by atoms with van der Waals surface area (Å²) in [4.78, 5) is 18.3. The zero-order valence-electron chi connectivity index (χ0n) is 14.7. The van der Waals surface area contributed by atoms with Gasteiger partial charge < -0.3 is 9.42 Å². The highest BCUT2D eigenvalue weighted by molar-refractivity contribution is 6.30. The molecule has 136 valence electrons. The van der Waals surface area contributed by atoms with E-state index in [1.807, 2.05) is 24.3 Å². The molecule has 1 amide bonds. The summed E-state index contributed by atoms with van der Waals surface area (Å²) in [7, 11) is 1.74. The zero-order chi connectivity index (χ0) is 19.2. The summed E-state index contributed by atoms with van der Waals surface area (Å²) in [5.41, 5.74) is 2.37. The maximum absolute atomic E-state index is 12.3. The maximum Gasteiger partial charge on any atom is 0.227 e. The molecule has 27 heavy (non-hydrogen) atoms. The van der Waals surface area contributed by atoms with Crippen molar-refractivity contribution < 1.29 is 9.32 Å². The molecule has 0 saturated heterocycles. The molecule has 0 spiro atoms. The van der Waals surface area contributed by atoms with Crippen LogP contribution in [0.25, 0.3) is 11.4 Å². The molecule has 1 heterocycles. The fraction of sp³-hybridized carbons (Fsp3) is 0.200. The van der Waals surface area contributed by atoms with E-state index in [-0.39, 0.29) is 12.3 Å². The van der Waals surface area contributed by atoms with Crippen LogP contribution in [0.15, 0.2) is 53.1 Å². The third kappa shape index (κ3) is 4.93. The zero-order valence-corrected chi connectivity index (χ0v) is 15.5. The summed E-state index contributed by atoms with van der Waals surface area (Å²) >= 11 is 5.87. The van der Waals surface area contributed by atoms with Crippen molar-refractivity contribution in [2.45, 2.75) is 19.4 Å². The second-order valence-corrected chi connectivity index (χ2v) is 6.51. The highest BCUT2D eigenvalue weighted by atomic mass is 35.5. The Morgan fingerprint density at radius 1 is 1.19 bits per heavy atom. The Hall–Kier alpha value is -3.17. The third-order valence-corrected chi connectivity index (χ3v) is 4.30. The van der Waals surface area contributed by atoms with E-state index in [1.165, 1.54) is 0 Å². The Kier molecular flexibility index (Phi) is 5.84. The summed E-state index contributed by atoms with van der Waals surface area (Å²) in [6.07, 6.45) is 0.645. The van der Waals surface area contributed by atoms with E-state index in [0.29, 0.717) is 35.3 Å². The van der Waals surface area contributed by atoms with Crippen LogP contribution in [-0.4, -0.2) is 28.0 Å². The minimum absolute atomic E-state index is 0.0226. The first kappa shape index (κ1) is 18.6. The Morgan fingerprint density at radius 3 is 2.56 bits per heavy atom. The number of nitrogens with zero attached hydrogens (tertiary/aromatic N) is 4. The number of nitriles is 1. The van der Waals surface area contributed by atoms with Gasteiger partial charge in [0.1, 0.15) is 0 Å². The fourth-order valence-corrected chi connectivity index (χ4v) is 2.65. The smallest absolute Gasteiger partial charge is 0.227 e. The van der Waals surface area contributed by atoms with Crippen LogP contribution in [0.2, 0.25) is 5.02 Å². The van der Waals surface area contributed by atoms with Gasteiger partial charge in [-0.3, -0.25) is 4.79 Å². The van der Waals surface area contributed by atoms with Crippen LogP contribution < -0.4 is 0 Å². The molecular formula is C20H17ClN4O2. The molecular weight excluding hydrogens is 364 g/mol. The van der Waals surface area contributed by atoms with Gasteiger partial charge in [0.15, 0.2) is 0 Å². The lowest BCUT2D eigenvalue weighted by Gasteiger charge is -2.16. The van der Waals surface area contributed by atoms with E-state index >= 15 is 0 Å². The van der Waals surface area contributed by atoms with E-state index < -0.39 is 0 Å². The number of rotatable bonds is 6. The molecule has 0 N–H and O–H groups in total. The molecule has 3 rings (SSSR count). The first-order chi connectivity index (χ1) is 13.0. The van der Waals surface area contributed by atoms with E-state index in [9.17, 15) is 4.79 Å². The first-order valence-corrected chi connectivity index (χ1v) is 8.74. The van der Waals surface area contributed by atoms with Crippen LogP contribution in [0.5, 0.6) is 0 Å². The van der Waals surface area contributed by atoms with Gasteiger partial charge in [-0.1, -0.05) is 28.9 Å². The highest BCUT2D eigenvalue weighted by Crippen LogP contribution is 2.19. The quantitative estimate of drug-likeness (QED) is 0.648. The summed E-state index contributed by atoms with van der Waals surface area (Å²) in [5.74, 6) is 0.866. The molecule has 0 bridgehead atoms. The van der Waals surface area contributed by atoms with Crippen molar-refractivity contribution in [3.8, 4) is 17.5 Å². The molecule has 3 aromatic rings. The second-order valence-electron chi connectivity index (χ2n) is 6.08. The molecule has 0 aliphatic carbocycles. The normalized spacial score (nSPS) is 10.4. The number of benzene rings is 2. The van der Waals surface area contributed by atoms with Gasteiger partial charge in [0.25, 0.3) is 0 Å². The summed E-state index contributed by atoms with van der Waals surface area (Å²) < 4.78 is 5.23. The van der Waals surface area contributed by atoms with E-state index in [0.717, 1.165) is 11.1 Å². The number of hydrogen-bond acceptors (Lipinski definition) is 5. The van der Waals surface area contributed by atoms with Crippen LogP contribution in [0.1, 0.15) is 23.4 Å². The fourth-order valence-electron chi connectivity index (χ4n) is 2.52. The predicted octanol–water partition coefficient (Wildman–Crippen LogP) is 3.85. The largest absolute Gasteiger partial charge is 0.341 e. The molecule has 2 aromatic carbocycles. The Bertz CT molecular complexity index is 959. The number of carbonyl (C=O) groups is 1. The van der Waals surface area contributed by atoms with E-state index in [1.54, 1.807) is 36.2 Å². The van der Waals surface area contributed by atoms with Crippen LogP contribution in [-0.2, 0) is 17.8 Å². The molecule has 0 aliphatic rings. The summed E-state index contributed by atoms with van der Waals surface area (Å²) in [6.45, 7) is 0.477. The van der Waals surface area contributed by atoms with Gasteiger partial charge in [0, 0.05) is 37.0 Å². The van der Waals surface area contributed by atoms with Crippen molar-refractivity contribution in [3.63, 3.8) is 0 Å². The van der Waals surface area contributed by atoms with E-state index in [4.69, 9.17) is 21.4 Å². The lowest BCUT2D eigenvalue weighted by atomic mass is 10.1. The average Bonchev–Trinajstić information content (AvgIpc) is 3.16. The summed E-state index contributed by atoms with van der Waals surface area (Å²) in [6, 6.07) is 16.4. The van der Waals surface area contributed by atoms with Crippen molar-refractivity contribution in [2.75, 3.05) is 7.05 Å². The molecule has 0 fully saturated rings. The van der Waals surface area contributed by atoms with Gasteiger partial charge in [0.2, 0.25) is 17.6 Å². The van der Waals surface area contributed by atoms with Crippen LogP contribution in [0.4, 0.5) is 0 Å². The Balaban J connectivity index is 1.54. The van der Waals surface area contributed by atoms with Gasteiger partial charge in [-0.2, -0.15) is 10.2 Å². The van der Waals surface area contributed by atoms with Crippen LogP contribution >= 0.6 is 11.6 Å². The predicted molar refractivity (Wildman–Crippen MR) is 101 cm³/mol. The van der Waals surface area contributed by atoms with E-state index in [2.05, 4.69) is 16.2 Å². The SMILES string of the molecule is CN(Cc1ccc(C#N)cc1)C(=O)CCc1nc(-c2ccc(Cl)cc2)no1. The number of hydrogen-bond donors (Lipinski definition) is 0. The molecule has 7 heteroatoms. The number of halogens is 1. The third-order valence-electron chi connectivity index (χ3n) is 4.05. The van der Waals surface area contributed by atoms with Crippen molar-refractivity contribution in [2.24, 2.45) is 0 Å². The monoisotopic (exact) mass is 380 g/mol. The van der Waals surface area contributed by atoms with Crippen LogP contribution in [0, 0.1) is 11.3 Å². The van der Waals surface area contributed by atoms with Crippen molar-refractivity contribution in [1.29, 1.82) is 5.26 Å². The number of carbonyl (C=O) groups excluding carboxylic acids is 1. The molecule has 6 nitrogen and oxygen atoms in total. The van der Waals surface area contributed by atoms with Crippen molar-refractivity contribution in [1.82, 2.24) is 15.0 Å². The van der Waals surface area contributed by atoms with Gasteiger partial charge in [-0.05, 0) is 42.0 Å². The minimum Gasteiger partial charge on any atom is -0.341 e. The Labute approximate surface area is 162 Å². The van der Waals surface area contributed by atoms with Gasteiger partial charge in [-0.25, -0.2) is 0 Å². The average molecular weight is 381 g/mol. The maximum atomic E-state index is 12.3. The van der Waals surface area contributed by atoms with Crippen LogP contribution in [0.3, 0.4) is 0 Å². The van der Waals surface area contributed by atoms with Crippen molar-refractivity contribution in [3.05, 3.63) is 70.6 Å². The van der Waals surface area contributed by atoms with Crippen molar-refractivity contribution >= 4 is 17.5 Å². The molecule has 0 radical (unpaired) electrons. The molecule has 0 atom stereocenters. The standard InChI is InChI=1S/C20H17ClN4O2/c1-25(13-15-4-2-14(12-22)3-5-15)19(26)11-10-18-23-20(24-27-18)16-6-8-17(21)9-7-16/h2-9H,10-11,13H2,1H3. The topological polar surface area (TPSA) is 83.0 Å². The molecule has 1 aromatic heterocycles. The first-order valence-electron chi connectivity index (χ1n) is 8.36.